The quantitative estimate of drug-likeness (QED) is 0.419. The molecule has 0 aromatic heterocycles. The molecule has 1 fully saturated rings. The molecule has 0 aliphatic carbocycles. The van der Waals surface area contributed by atoms with Crippen LogP contribution in [0, 0.1) is 10.1 Å². The standard InChI is InChI=1S/C11H14N4O3/c12-8-2-1-3-9(11(8)15(17)18)14-7-4-5-10(16)13-6-7/h1-3,7,14H,4-6,12H2,(H,13,16). The van der Waals surface area contributed by atoms with Gasteiger partial charge in [-0.1, -0.05) is 6.07 Å². The first-order valence-electron chi connectivity index (χ1n) is 5.64. The zero-order chi connectivity index (χ0) is 13.1. The maximum atomic E-state index is 11.0. The Balaban J connectivity index is 2.16. The first kappa shape index (κ1) is 12.2. The summed E-state index contributed by atoms with van der Waals surface area (Å²) in [6.07, 6.45) is 1.07. The molecule has 1 unspecified atom stereocenters. The highest BCUT2D eigenvalue weighted by Gasteiger charge is 2.23. The van der Waals surface area contributed by atoms with Crippen LogP contribution in [-0.4, -0.2) is 23.4 Å². The number of carbonyl (C=O) groups is 1. The molecule has 0 bridgehead atoms. The highest BCUT2D eigenvalue weighted by atomic mass is 16.6. The zero-order valence-corrected chi connectivity index (χ0v) is 9.68. The summed E-state index contributed by atoms with van der Waals surface area (Å²) in [4.78, 5) is 21.5. The average Bonchev–Trinajstić information content (AvgIpc) is 2.32. The van der Waals surface area contributed by atoms with Crippen LogP contribution in [0.3, 0.4) is 0 Å². The number of piperidine rings is 1. The van der Waals surface area contributed by atoms with Crippen molar-refractivity contribution in [1.29, 1.82) is 0 Å². The third kappa shape index (κ3) is 2.50. The van der Waals surface area contributed by atoms with Gasteiger partial charge in [0, 0.05) is 19.0 Å². The average molecular weight is 250 g/mol. The van der Waals surface area contributed by atoms with E-state index >= 15 is 0 Å². The number of nitrogen functional groups attached to an aromatic ring is 1. The molecule has 96 valence electrons. The number of nitrogens with zero attached hydrogens (tertiary/aromatic N) is 1. The molecule has 1 heterocycles. The van der Waals surface area contributed by atoms with Gasteiger partial charge in [-0.15, -0.1) is 0 Å². The van der Waals surface area contributed by atoms with E-state index in [1.807, 2.05) is 0 Å². The Morgan fingerprint density at radius 2 is 2.28 bits per heavy atom. The van der Waals surface area contributed by atoms with Crippen molar-refractivity contribution >= 4 is 23.0 Å². The smallest absolute Gasteiger partial charge is 0.314 e. The predicted octanol–water partition coefficient (Wildman–Crippen LogP) is 0.867. The number of carbonyl (C=O) groups excluding carboxylic acids is 1. The minimum Gasteiger partial charge on any atom is -0.393 e. The summed E-state index contributed by atoms with van der Waals surface area (Å²) < 4.78 is 0. The van der Waals surface area contributed by atoms with E-state index < -0.39 is 4.92 Å². The fraction of sp³-hybridized carbons (Fsp3) is 0.364. The molecule has 1 aromatic carbocycles. The van der Waals surface area contributed by atoms with Crippen molar-refractivity contribution in [3.63, 3.8) is 0 Å². The van der Waals surface area contributed by atoms with Crippen LogP contribution in [0.1, 0.15) is 12.8 Å². The van der Waals surface area contributed by atoms with E-state index in [-0.39, 0.29) is 23.3 Å². The van der Waals surface area contributed by atoms with Crippen LogP contribution in [0.25, 0.3) is 0 Å². The third-order valence-corrected chi connectivity index (χ3v) is 2.87. The lowest BCUT2D eigenvalue weighted by molar-refractivity contribution is -0.383. The maximum absolute atomic E-state index is 11.0. The second-order valence-corrected chi connectivity index (χ2v) is 4.18. The summed E-state index contributed by atoms with van der Waals surface area (Å²) in [5.41, 5.74) is 6.00. The number of hydrogen-bond donors (Lipinski definition) is 3. The third-order valence-electron chi connectivity index (χ3n) is 2.87. The Morgan fingerprint density at radius 1 is 1.50 bits per heavy atom. The van der Waals surface area contributed by atoms with Crippen LogP contribution < -0.4 is 16.4 Å². The predicted molar refractivity (Wildman–Crippen MR) is 67.2 cm³/mol. The minimum absolute atomic E-state index is 0.00938. The van der Waals surface area contributed by atoms with Crippen LogP contribution in [0.4, 0.5) is 17.1 Å². The Kier molecular flexibility index (Phi) is 3.31. The van der Waals surface area contributed by atoms with Gasteiger partial charge in [0.2, 0.25) is 5.91 Å². The molecule has 7 nitrogen and oxygen atoms in total. The molecular weight excluding hydrogens is 236 g/mol. The lowest BCUT2D eigenvalue weighted by Crippen LogP contribution is -2.41. The summed E-state index contributed by atoms with van der Waals surface area (Å²) in [7, 11) is 0. The summed E-state index contributed by atoms with van der Waals surface area (Å²) in [5, 5.41) is 16.7. The Hall–Kier alpha value is -2.31. The molecule has 1 aliphatic heterocycles. The number of anilines is 2. The fourth-order valence-corrected chi connectivity index (χ4v) is 1.96. The van der Waals surface area contributed by atoms with E-state index in [4.69, 9.17) is 5.73 Å². The molecule has 18 heavy (non-hydrogen) atoms. The molecule has 1 aliphatic rings. The second kappa shape index (κ2) is 4.91. The number of amides is 1. The lowest BCUT2D eigenvalue weighted by atomic mass is 10.1. The summed E-state index contributed by atoms with van der Waals surface area (Å²) in [6.45, 7) is 0.463. The van der Waals surface area contributed by atoms with Gasteiger partial charge < -0.3 is 16.4 Å². The lowest BCUT2D eigenvalue weighted by Gasteiger charge is -2.24. The van der Waals surface area contributed by atoms with Gasteiger partial charge in [-0.3, -0.25) is 14.9 Å². The van der Waals surface area contributed by atoms with Crippen LogP contribution >= 0.6 is 0 Å². The molecule has 4 N–H and O–H groups in total. The Bertz CT molecular complexity index is 479. The molecule has 0 radical (unpaired) electrons. The molecule has 1 amide bonds. The zero-order valence-electron chi connectivity index (χ0n) is 9.68. The molecule has 1 aromatic rings. The normalized spacial score (nSPS) is 19.1. The van der Waals surface area contributed by atoms with Gasteiger partial charge in [0.25, 0.3) is 0 Å². The van der Waals surface area contributed by atoms with Gasteiger partial charge in [0.05, 0.1) is 4.92 Å². The van der Waals surface area contributed by atoms with Gasteiger partial charge in [0.1, 0.15) is 11.4 Å². The van der Waals surface area contributed by atoms with Gasteiger partial charge in [0.15, 0.2) is 0 Å². The molecule has 1 atom stereocenters. The van der Waals surface area contributed by atoms with E-state index in [1.54, 1.807) is 12.1 Å². The number of hydrogen-bond acceptors (Lipinski definition) is 5. The van der Waals surface area contributed by atoms with Crippen molar-refractivity contribution in [3.05, 3.63) is 28.3 Å². The van der Waals surface area contributed by atoms with Crippen molar-refractivity contribution in [2.24, 2.45) is 0 Å². The highest BCUT2D eigenvalue weighted by Crippen LogP contribution is 2.31. The molecule has 2 rings (SSSR count). The molecule has 0 saturated carbocycles. The largest absolute Gasteiger partial charge is 0.393 e. The van der Waals surface area contributed by atoms with E-state index in [0.29, 0.717) is 25.1 Å². The number of nitrogens with one attached hydrogen (secondary N) is 2. The van der Waals surface area contributed by atoms with Gasteiger partial charge in [-0.25, -0.2) is 0 Å². The van der Waals surface area contributed by atoms with E-state index in [1.165, 1.54) is 6.07 Å². The van der Waals surface area contributed by atoms with Crippen LogP contribution in [0.15, 0.2) is 18.2 Å². The van der Waals surface area contributed by atoms with Crippen molar-refractivity contribution in [1.82, 2.24) is 5.32 Å². The van der Waals surface area contributed by atoms with Crippen molar-refractivity contribution in [3.8, 4) is 0 Å². The highest BCUT2D eigenvalue weighted by molar-refractivity contribution is 5.78. The van der Waals surface area contributed by atoms with Crippen molar-refractivity contribution in [2.75, 3.05) is 17.6 Å². The number of benzene rings is 1. The van der Waals surface area contributed by atoms with Gasteiger partial charge >= 0.3 is 5.69 Å². The first-order chi connectivity index (χ1) is 8.58. The number of nitro benzene ring substituents is 1. The van der Waals surface area contributed by atoms with Crippen molar-refractivity contribution < 1.29 is 9.72 Å². The molecule has 0 spiro atoms. The number of para-hydroxylation sites is 1. The monoisotopic (exact) mass is 250 g/mol. The number of nitro groups is 1. The molecule has 7 heteroatoms. The van der Waals surface area contributed by atoms with E-state index in [0.717, 1.165) is 0 Å². The topological polar surface area (TPSA) is 110 Å². The van der Waals surface area contributed by atoms with E-state index in [9.17, 15) is 14.9 Å². The molecule has 1 saturated heterocycles. The van der Waals surface area contributed by atoms with Crippen LogP contribution in [0.2, 0.25) is 0 Å². The number of rotatable bonds is 3. The second-order valence-electron chi connectivity index (χ2n) is 4.18. The van der Waals surface area contributed by atoms with Crippen molar-refractivity contribution in [2.45, 2.75) is 18.9 Å². The SMILES string of the molecule is Nc1cccc(NC2CCC(=O)NC2)c1[N+](=O)[O-]. The Morgan fingerprint density at radius 3 is 2.89 bits per heavy atom. The summed E-state index contributed by atoms with van der Waals surface area (Å²) in [6, 6.07) is 4.76. The van der Waals surface area contributed by atoms with Gasteiger partial charge in [-0.2, -0.15) is 0 Å². The first-order valence-corrected chi connectivity index (χ1v) is 5.64. The minimum atomic E-state index is -0.501. The van der Waals surface area contributed by atoms with Crippen LogP contribution in [0.5, 0.6) is 0 Å². The summed E-state index contributed by atoms with van der Waals surface area (Å²) in [5.74, 6) is 0.00938. The summed E-state index contributed by atoms with van der Waals surface area (Å²) >= 11 is 0. The maximum Gasteiger partial charge on any atom is 0.314 e. The fourth-order valence-electron chi connectivity index (χ4n) is 1.96. The molecular formula is C11H14N4O3. The number of nitrogens with two attached hydrogens (primary N) is 1. The van der Waals surface area contributed by atoms with Crippen LogP contribution in [-0.2, 0) is 4.79 Å². The van der Waals surface area contributed by atoms with E-state index in [2.05, 4.69) is 10.6 Å². The Labute approximate surface area is 104 Å². The van der Waals surface area contributed by atoms with Gasteiger partial charge in [-0.05, 0) is 18.6 Å².